The van der Waals surface area contributed by atoms with Crippen LogP contribution in [-0.2, 0) is 22.1 Å². The predicted molar refractivity (Wildman–Crippen MR) is 157 cm³/mol. The average molecular weight is 563 g/mol. The molecule has 0 saturated carbocycles. The molecule has 39 heavy (non-hydrogen) atoms. The highest BCUT2D eigenvalue weighted by atomic mass is 35.5. The van der Waals surface area contributed by atoms with Crippen LogP contribution in [0.4, 0.5) is 0 Å². The zero-order valence-electron chi connectivity index (χ0n) is 23.4. The Morgan fingerprint density at radius 1 is 1.05 bits per heavy atom. The minimum Gasteiger partial charge on any atom is -0.415 e. The van der Waals surface area contributed by atoms with Gasteiger partial charge in [0, 0.05) is 54.9 Å². The van der Waals surface area contributed by atoms with Gasteiger partial charge in [-0.15, -0.1) is 0 Å². The van der Waals surface area contributed by atoms with Gasteiger partial charge in [0.2, 0.25) is 5.78 Å². The van der Waals surface area contributed by atoms with Crippen molar-refractivity contribution in [1.82, 2.24) is 19.5 Å². The van der Waals surface area contributed by atoms with Crippen molar-refractivity contribution in [1.29, 1.82) is 0 Å². The third kappa shape index (κ3) is 6.69. The smallest absolute Gasteiger partial charge is 0.213 e. The van der Waals surface area contributed by atoms with E-state index in [1.807, 2.05) is 12.3 Å². The number of carbonyl (C=O) groups is 2. The van der Waals surface area contributed by atoms with Gasteiger partial charge in [0.25, 0.3) is 0 Å². The number of nitrogens with zero attached hydrogens (tertiary/aromatic N) is 4. The molecule has 0 saturated heterocycles. The molecule has 4 aromatic heterocycles. The molecule has 0 aromatic carbocycles. The first-order valence-corrected chi connectivity index (χ1v) is 16.3. The van der Waals surface area contributed by atoms with E-state index in [0.29, 0.717) is 22.9 Å². The number of Topliss-reactive ketones (excluding diaryl/α,β-unsaturated/α-hetero) is 1. The summed E-state index contributed by atoms with van der Waals surface area (Å²) in [5.74, 6) is -0.219. The minimum atomic E-state index is -1.92. The highest BCUT2D eigenvalue weighted by molar-refractivity contribution is 6.74. The molecule has 0 aliphatic heterocycles. The zero-order valence-corrected chi connectivity index (χ0v) is 25.1. The summed E-state index contributed by atoms with van der Waals surface area (Å²) in [6, 6.07) is 8.84. The van der Waals surface area contributed by atoms with Crippen LogP contribution in [-0.4, -0.2) is 46.0 Å². The van der Waals surface area contributed by atoms with Crippen LogP contribution in [0.1, 0.15) is 61.0 Å². The molecule has 0 radical (unpaired) electrons. The van der Waals surface area contributed by atoms with Crippen molar-refractivity contribution < 1.29 is 14.0 Å². The third-order valence-electron chi connectivity index (χ3n) is 7.47. The molecule has 0 bridgehead atoms. The lowest BCUT2D eigenvalue weighted by Gasteiger charge is -2.37. The molecule has 1 atom stereocenters. The molecule has 0 spiro atoms. The lowest BCUT2D eigenvalue weighted by atomic mass is 10.0. The Hall–Kier alpha value is -3.20. The van der Waals surface area contributed by atoms with Crippen LogP contribution in [0.2, 0.25) is 23.2 Å². The fraction of sp³-hybridized carbons (Fsp3) is 0.367. The maximum atomic E-state index is 13.7. The number of fused-ring (bicyclic) bond motifs is 1. The topological polar surface area (TPSA) is 87.0 Å². The van der Waals surface area contributed by atoms with Gasteiger partial charge < -0.3 is 8.99 Å². The zero-order chi connectivity index (χ0) is 28.4. The van der Waals surface area contributed by atoms with E-state index in [1.54, 1.807) is 42.9 Å². The highest BCUT2D eigenvalue weighted by Crippen LogP contribution is 2.37. The number of carbonyl (C=O) groups excluding carboxylic acids is 2. The van der Waals surface area contributed by atoms with Crippen molar-refractivity contribution in [3.05, 3.63) is 88.9 Å². The number of ketones is 2. The van der Waals surface area contributed by atoms with E-state index in [2.05, 4.69) is 60.3 Å². The second-order valence-electron chi connectivity index (χ2n) is 11.5. The molecule has 7 nitrogen and oxygen atoms in total. The van der Waals surface area contributed by atoms with Gasteiger partial charge in [-0.3, -0.25) is 24.5 Å². The van der Waals surface area contributed by atoms with Gasteiger partial charge in [0.15, 0.2) is 8.32 Å². The van der Waals surface area contributed by atoms with E-state index in [9.17, 15) is 9.59 Å². The molecule has 9 heteroatoms. The van der Waals surface area contributed by atoms with Gasteiger partial charge in [-0.2, -0.15) is 0 Å². The van der Waals surface area contributed by atoms with Gasteiger partial charge in [-0.05, 0) is 61.0 Å². The Balaban J connectivity index is 1.55. The van der Waals surface area contributed by atoms with E-state index < -0.39 is 8.32 Å². The van der Waals surface area contributed by atoms with Crippen LogP contribution in [0, 0.1) is 0 Å². The Kier molecular flexibility index (Phi) is 8.49. The van der Waals surface area contributed by atoms with Crippen LogP contribution < -0.4 is 0 Å². The summed E-state index contributed by atoms with van der Waals surface area (Å²) in [6.45, 7) is 13.8. The van der Waals surface area contributed by atoms with Crippen LogP contribution in [0.5, 0.6) is 0 Å². The number of hydrogen-bond donors (Lipinski definition) is 0. The second kappa shape index (κ2) is 11.5. The molecule has 4 rings (SSSR count). The highest BCUT2D eigenvalue weighted by Gasteiger charge is 2.37. The molecule has 0 aliphatic carbocycles. The van der Waals surface area contributed by atoms with Gasteiger partial charge >= 0.3 is 0 Å². The predicted octanol–water partition coefficient (Wildman–Crippen LogP) is 6.65. The third-order valence-corrected chi connectivity index (χ3v) is 12.2. The summed E-state index contributed by atoms with van der Waals surface area (Å²) >= 11 is 5.88. The second-order valence-corrected chi connectivity index (χ2v) is 16.7. The lowest BCUT2D eigenvalue weighted by molar-refractivity contribution is -0.117. The molecule has 0 aliphatic rings. The first kappa shape index (κ1) is 28.8. The van der Waals surface area contributed by atoms with E-state index >= 15 is 0 Å². The summed E-state index contributed by atoms with van der Waals surface area (Å²) in [7, 11) is -1.92. The van der Waals surface area contributed by atoms with E-state index in [1.165, 1.54) is 6.20 Å². The van der Waals surface area contributed by atoms with Crippen LogP contribution >= 0.6 is 11.6 Å². The molecule has 1 unspecified atom stereocenters. The van der Waals surface area contributed by atoms with E-state index in [4.69, 9.17) is 16.0 Å². The average Bonchev–Trinajstić information content (AvgIpc) is 3.27. The standard InChI is InChI=1S/C30H35ClN4O3Si/c1-20(19-38-39(5,6)30(2,3)4)35-18-26(25-17-32-11-10-28(25)35)29(37)27-14-21(9-12-33-27)13-24(36)15-23-8-7-22(31)16-34-23/h7-12,14,16-18,20H,13,15,19H2,1-6H3. The van der Waals surface area contributed by atoms with Crippen molar-refractivity contribution in [2.45, 2.75) is 64.7 Å². The Labute approximate surface area is 235 Å². The maximum Gasteiger partial charge on any atom is 0.213 e. The fourth-order valence-electron chi connectivity index (χ4n) is 4.12. The van der Waals surface area contributed by atoms with Crippen molar-refractivity contribution in [2.24, 2.45) is 0 Å². The van der Waals surface area contributed by atoms with Crippen LogP contribution in [0.3, 0.4) is 0 Å². The van der Waals surface area contributed by atoms with E-state index in [-0.39, 0.29) is 41.2 Å². The first-order valence-electron chi connectivity index (χ1n) is 13.1. The molecular weight excluding hydrogens is 528 g/mol. The maximum absolute atomic E-state index is 13.7. The monoisotopic (exact) mass is 562 g/mol. The Morgan fingerprint density at radius 2 is 1.82 bits per heavy atom. The van der Waals surface area contributed by atoms with Gasteiger partial charge in [-0.1, -0.05) is 32.4 Å². The summed E-state index contributed by atoms with van der Waals surface area (Å²) < 4.78 is 8.56. The number of halogens is 1. The normalized spacial score (nSPS) is 13.0. The summed E-state index contributed by atoms with van der Waals surface area (Å²) in [5.41, 5.74) is 3.12. The van der Waals surface area contributed by atoms with E-state index in [0.717, 1.165) is 16.5 Å². The van der Waals surface area contributed by atoms with Gasteiger partial charge in [0.05, 0.1) is 28.8 Å². The number of rotatable bonds is 10. The van der Waals surface area contributed by atoms with Crippen LogP contribution in [0.15, 0.2) is 61.3 Å². The Morgan fingerprint density at radius 3 is 2.51 bits per heavy atom. The summed E-state index contributed by atoms with van der Waals surface area (Å²) in [6.07, 6.45) is 8.79. The molecule has 204 valence electrons. The summed E-state index contributed by atoms with van der Waals surface area (Å²) in [4.78, 5) is 39.1. The van der Waals surface area contributed by atoms with Crippen LogP contribution in [0.25, 0.3) is 10.9 Å². The molecule has 0 fully saturated rings. The quantitative estimate of drug-likeness (QED) is 0.159. The fourth-order valence-corrected chi connectivity index (χ4v) is 5.32. The van der Waals surface area contributed by atoms with Crippen molar-refractivity contribution >= 4 is 42.4 Å². The number of hydrogen-bond acceptors (Lipinski definition) is 6. The van der Waals surface area contributed by atoms with Crippen molar-refractivity contribution in [3.63, 3.8) is 0 Å². The lowest BCUT2D eigenvalue weighted by Crippen LogP contribution is -2.41. The molecular formula is C30H35ClN4O3Si. The van der Waals surface area contributed by atoms with Gasteiger partial charge in [-0.25, -0.2) is 0 Å². The number of aromatic nitrogens is 4. The van der Waals surface area contributed by atoms with Crippen molar-refractivity contribution in [3.8, 4) is 0 Å². The summed E-state index contributed by atoms with van der Waals surface area (Å²) in [5, 5.41) is 1.40. The molecule has 0 amide bonds. The Bertz CT molecular complexity index is 1490. The molecule has 4 aromatic rings. The SMILES string of the molecule is CC(CO[Si](C)(C)C(C)(C)C)n1cc(C(=O)c2cc(CC(=O)Cc3ccc(Cl)cn3)ccn2)c2cnccc21. The molecule has 4 heterocycles. The van der Waals surface area contributed by atoms with Gasteiger partial charge in [0.1, 0.15) is 11.5 Å². The number of pyridine rings is 3. The van der Waals surface area contributed by atoms with Crippen molar-refractivity contribution in [2.75, 3.05) is 6.61 Å². The molecule has 0 N–H and O–H groups in total. The first-order chi connectivity index (χ1) is 18.4. The largest absolute Gasteiger partial charge is 0.415 e. The minimum absolute atomic E-state index is 0.00854.